The molecule has 1 aliphatic heterocycles. The van der Waals surface area contributed by atoms with Crippen LogP contribution in [0.5, 0.6) is 0 Å². The number of nitrogens with zero attached hydrogens (tertiary/aromatic N) is 1. The molecule has 1 aliphatic rings. The fourth-order valence-corrected chi connectivity index (χ4v) is 1.72. The number of rotatable bonds is 2. The Morgan fingerprint density at radius 2 is 1.73 bits per heavy atom. The van der Waals surface area contributed by atoms with Gasteiger partial charge in [-0.25, -0.2) is 0 Å². The first kappa shape index (κ1) is 9.05. The van der Waals surface area contributed by atoms with Crippen LogP contribution < -0.4 is 0 Å². The Balaban J connectivity index is 2.24. The second-order valence-corrected chi connectivity index (χ2v) is 4.50. The van der Waals surface area contributed by atoms with Gasteiger partial charge in [-0.3, -0.25) is 0 Å². The molecule has 1 rings (SSSR count). The van der Waals surface area contributed by atoms with E-state index in [1.165, 1.54) is 32.4 Å². The molecule has 0 N–H and O–H groups in total. The summed E-state index contributed by atoms with van der Waals surface area (Å²) in [5.74, 6) is 0. The molecule has 1 heterocycles. The van der Waals surface area contributed by atoms with Crippen molar-refractivity contribution in [2.45, 2.75) is 33.1 Å². The number of piperidine rings is 1. The van der Waals surface area contributed by atoms with Crippen LogP contribution in [0.3, 0.4) is 0 Å². The van der Waals surface area contributed by atoms with E-state index in [1.54, 1.807) is 0 Å². The van der Waals surface area contributed by atoms with Crippen LogP contribution in [0.25, 0.3) is 0 Å². The SMILES string of the molecule is [CH2]C(C)(C)CN1CCCCC1. The van der Waals surface area contributed by atoms with Gasteiger partial charge in [0.2, 0.25) is 0 Å². The molecule has 0 unspecified atom stereocenters. The molecule has 0 atom stereocenters. The van der Waals surface area contributed by atoms with E-state index in [0.717, 1.165) is 6.54 Å². The van der Waals surface area contributed by atoms with E-state index >= 15 is 0 Å². The molecule has 0 saturated carbocycles. The molecule has 65 valence electrons. The normalized spacial score (nSPS) is 22.1. The zero-order valence-corrected chi connectivity index (χ0v) is 7.90. The summed E-state index contributed by atoms with van der Waals surface area (Å²) < 4.78 is 0. The van der Waals surface area contributed by atoms with Gasteiger partial charge in [-0.05, 0) is 38.3 Å². The maximum atomic E-state index is 4.12. The van der Waals surface area contributed by atoms with Crippen molar-refractivity contribution in [2.75, 3.05) is 19.6 Å². The van der Waals surface area contributed by atoms with Crippen LogP contribution in [0.4, 0.5) is 0 Å². The summed E-state index contributed by atoms with van der Waals surface area (Å²) >= 11 is 0. The molecule has 1 nitrogen and oxygen atoms in total. The molecular formula is C10H20N. The van der Waals surface area contributed by atoms with Crippen molar-refractivity contribution in [1.29, 1.82) is 0 Å². The predicted molar refractivity (Wildman–Crippen MR) is 49.4 cm³/mol. The Labute approximate surface area is 70.8 Å². The minimum absolute atomic E-state index is 0.233. The second kappa shape index (κ2) is 3.57. The Hall–Kier alpha value is -0.0400. The molecule has 1 saturated heterocycles. The number of hydrogen-bond donors (Lipinski definition) is 0. The van der Waals surface area contributed by atoms with E-state index in [-0.39, 0.29) is 5.41 Å². The molecule has 0 bridgehead atoms. The van der Waals surface area contributed by atoms with Crippen molar-refractivity contribution in [3.63, 3.8) is 0 Å². The van der Waals surface area contributed by atoms with Crippen LogP contribution in [-0.2, 0) is 0 Å². The van der Waals surface area contributed by atoms with E-state index < -0.39 is 0 Å². The summed E-state index contributed by atoms with van der Waals surface area (Å²) in [6.45, 7) is 12.3. The lowest BCUT2D eigenvalue weighted by molar-refractivity contribution is 0.177. The molecule has 1 heteroatoms. The Bertz CT molecular complexity index is 107. The van der Waals surface area contributed by atoms with Gasteiger partial charge in [-0.1, -0.05) is 20.3 Å². The average molecular weight is 154 g/mol. The highest BCUT2D eigenvalue weighted by Crippen LogP contribution is 2.17. The Morgan fingerprint density at radius 1 is 1.18 bits per heavy atom. The van der Waals surface area contributed by atoms with Gasteiger partial charge in [0.15, 0.2) is 0 Å². The van der Waals surface area contributed by atoms with Crippen molar-refractivity contribution in [1.82, 2.24) is 4.90 Å². The molecule has 1 radical (unpaired) electrons. The smallest absolute Gasteiger partial charge is 0.00327 e. The summed E-state index contributed by atoms with van der Waals surface area (Å²) in [4.78, 5) is 2.54. The first-order chi connectivity index (χ1) is 5.08. The summed E-state index contributed by atoms with van der Waals surface area (Å²) in [6.07, 6.45) is 4.19. The van der Waals surface area contributed by atoms with Gasteiger partial charge in [-0.2, -0.15) is 0 Å². The number of hydrogen-bond acceptors (Lipinski definition) is 1. The van der Waals surface area contributed by atoms with E-state index in [2.05, 4.69) is 25.7 Å². The van der Waals surface area contributed by atoms with E-state index in [9.17, 15) is 0 Å². The van der Waals surface area contributed by atoms with Crippen molar-refractivity contribution in [3.8, 4) is 0 Å². The van der Waals surface area contributed by atoms with Gasteiger partial charge in [0.25, 0.3) is 0 Å². The monoisotopic (exact) mass is 154 g/mol. The molecule has 0 amide bonds. The molecule has 0 aliphatic carbocycles. The molecule has 1 fully saturated rings. The second-order valence-electron chi connectivity index (χ2n) is 4.50. The van der Waals surface area contributed by atoms with Gasteiger partial charge in [-0.15, -0.1) is 0 Å². The van der Waals surface area contributed by atoms with Crippen LogP contribution in [0.1, 0.15) is 33.1 Å². The summed E-state index contributed by atoms with van der Waals surface area (Å²) in [5.41, 5.74) is 0.233. The summed E-state index contributed by atoms with van der Waals surface area (Å²) in [5, 5.41) is 0. The molecule has 0 aromatic rings. The minimum Gasteiger partial charge on any atom is -0.303 e. The fourth-order valence-electron chi connectivity index (χ4n) is 1.72. The molecule has 0 aromatic heterocycles. The largest absolute Gasteiger partial charge is 0.303 e. The zero-order chi connectivity index (χ0) is 8.32. The first-order valence-corrected chi connectivity index (χ1v) is 4.66. The lowest BCUT2D eigenvalue weighted by Gasteiger charge is -2.32. The van der Waals surface area contributed by atoms with Crippen LogP contribution in [0.2, 0.25) is 0 Å². The van der Waals surface area contributed by atoms with Crippen LogP contribution in [0, 0.1) is 12.3 Å². The van der Waals surface area contributed by atoms with E-state index in [0.29, 0.717) is 0 Å². The van der Waals surface area contributed by atoms with Crippen molar-refractivity contribution < 1.29 is 0 Å². The molecule has 0 aromatic carbocycles. The molecule has 0 spiro atoms. The van der Waals surface area contributed by atoms with Gasteiger partial charge < -0.3 is 4.90 Å². The van der Waals surface area contributed by atoms with Crippen LogP contribution >= 0.6 is 0 Å². The fraction of sp³-hybridized carbons (Fsp3) is 0.900. The highest BCUT2D eigenvalue weighted by Gasteiger charge is 2.17. The van der Waals surface area contributed by atoms with E-state index in [1.807, 2.05) is 0 Å². The van der Waals surface area contributed by atoms with Gasteiger partial charge >= 0.3 is 0 Å². The third kappa shape index (κ3) is 3.76. The third-order valence-corrected chi connectivity index (χ3v) is 2.10. The quantitative estimate of drug-likeness (QED) is 0.590. The predicted octanol–water partition coefficient (Wildman–Crippen LogP) is 2.33. The molecular weight excluding hydrogens is 134 g/mol. The summed E-state index contributed by atoms with van der Waals surface area (Å²) in [6, 6.07) is 0. The highest BCUT2D eigenvalue weighted by molar-refractivity contribution is 4.77. The topological polar surface area (TPSA) is 3.24 Å². The van der Waals surface area contributed by atoms with Crippen molar-refractivity contribution >= 4 is 0 Å². The average Bonchev–Trinajstić information content (AvgIpc) is 1.85. The van der Waals surface area contributed by atoms with E-state index in [4.69, 9.17) is 0 Å². The standard InChI is InChI=1S/C10H20N/c1-10(2,3)9-11-7-5-4-6-8-11/h1,4-9H2,2-3H3. The van der Waals surface area contributed by atoms with Crippen molar-refractivity contribution in [3.05, 3.63) is 6.92 Å². The lowest BCUT2D eigenvalue weighted by Crippen LogP contribution is -2.36. The van der Waals surface area contributed by atoms with Crippen molar-refractivity contribution in [2.24, 2.45) is 5.41 Å². The van der Waals surface area contributed by atoms with Gasteiger partial charge in [0.05, 0.1) is 0 Å². The number of likely N-dealkylation sites (tertiary alicyclic amines) is 1. The lowest BCUT2D eigenvalue weighted by atomic mass is 9.95. The molecule has 11 heavy (non-hydrogen) atoms. The van der Waals surface area contributed by atoms with Crippen LogP contribution in [0.15, 0.2) is 0 Å². The first-order valence-electron chi connectivity index (χ1n) is 4.66. The maximum Gasteiger partial charge on any atom is 0.00327 e. The van der Waals surface area contributed by atoms with Gasteiger partial charge in [0.1, 0.15) is 0 Å². The summed E-state index contributed by atoms with van der Waals surface area (Å²) in [7, 11) is 0. The maximum absolute atomic E-state index is 4.12. The Morgan fingerprint density at radius 3 is 2.18 bits per heavy atom. The van der Waals surface area contributed by atoms with Gasteiger partial charge in [0, 0.05) is 6.54 Å². The van der Waals surface area contributed by atoms with Crippen LogP contribution in [-0.4, -0.2) is 24.5 Å². The highest BCUT2D eigenvalue weighted by atomic mass is 15.1. The third-order valence-electron chi connectivity index (χ3n) is 2.10. The minimum atomic E-state index is 0.233. The zero-order valence-electron chi connectivity index (χ0n) is 7.90. The Kier molecular flexibility index (Phi) is 2.94.